The van der Waals surface area contributed by atoms with E-state index in [-0.39, 0.29) is 18.1 Å². The van der Waals surface area contributed by atoms with Crippen molar-refractivity contribution in [2.24, 2.45) is 7.05 Å². The van der Waals surface area contributed by atoms with Gasteiger partial charge in [-0.15, -0.1) is 0 Å². The first-order valence-electron chi connectivity index (χ1n) is 7.22. The summed E-state index contributed by atoms with van der Waals surface area (Å²) in [6.45, 7) is 0.780. The van der Waals surface area contributed by atoms with E-state index in [0.29, 0.717) is 29.8 Å². The fraction of sp³-hybridized carbons (Fsp3) is 0.312. The number of ether oxygens (including phenoxy) is 1. The third-order valence-corrected chi connectivity index (χ3v) is 4.05. The minimum atomic E-state index is -1.07. The molecule has 1 aliphatic rings. The van der Waals surface area contributed by atoms with Crippen molar-refractivity contribution in [3.63, 3.8) is 0 Å². The summed E-state index contributed by atoms with van der Waals surface area (Å²) in [6.07, 6.45) is 0.585. The standard InChI is InChI=1S/C16H17N3O4/c1-18-13-6-7-19(9-12(13)14(17-18)16(21)22)15(20)10-4-3-5-11(8-10)23-2/h3-5,8H,6-7,9H2,1-2H3,(H,21,22). The van der Waals surface area contributed by atoms with Crippen LogP contribution in [0.2, 0.25) is 0 Å². The van der Waals surface area contributed by atoms with Crippen molar-refractivity contribution in [3.8, 4) is 5.75 Å². The number of aryl methyl sites for hydroxylation is 1. The lowest BCUT2D eigenvalue weighted by Crippen LogP contribution is -2.36. The Labute approximate surface area is 133 Å². The molecule has 7 nitrogen and oxygen atoms in total. The maximum atomic E-state index is 12.7. The first-order chi connectivity index (χ1) is 11.0. The van der Waals surface area contributed by atoms with Crippen LogP contribution in [-0.4, -0.2) is 45.3 Å². The number of methoxy groups -OCH3 is 1. The van der Waals surface area contributed by atoms with Gasteiger partial charge in [-0.1, -0.05) is 6.07 Å². The molecule has 0 spiro atoms. The number of fused-ring (bicyclic) bond motifs is 1. The molecule has 1 aromatic heterocycles. The number of carboxylic acid groups (broad SMARTS) is 1. The highest BCUT2D eigenvalue weighted by Gasteiger charge is 2.29. The van der Waals surface area contributed by atoms with Gasteiger partial charge in [0.2, 0.25) is 0 Å². The molecule has 1 N–H and O–H groups in total. The van der Waals surface area contributed by atoms with Gasteiger partial charge < -0.3 is 14.7 Å². The van der Waals surface area contributed by atoms with Crippen LogP contribution in [0.1, 0.15) is 32.1 Å². The summed E-state index contributed by atoms with van der Waals surface area (Å²) in [5.74, 6) is -0.603. The molecule has 0 atom stereocenters. The van der Waals surface area contributed by atoms with Gasteiger partial charge in [0.05, 0.1) is 13.7 Å². The molecular weight excluding hydrogens is 298 g/mol. The number of carbonyl (C=O) groups excluding carboxylic acids is 1. The normalized spacial score (nSPS) is 13.6. The van der Waals surface area contributed by atoms with Gasteiger partial charge in [0.1, 0.15) is 5.75 Å². The monoisotopic (exact) mass is 315 g/mol. The minimum Gasteiger partial charge on any atom is -0.497 e. The molecule has 2 heterocycles. The van der Waals surface area contributed by atoms with Gasteiger partial charge in [0.15, 0.2) is 5.69 Å². The van der Waals surface area contributed by atoms with Crippen LogP contribution in [-0.2, 0) is 20.0 Å². The first kappa shape index (κ1) is 15.1. The number of nitrogens with zero attached hydrogens (tertiary/aromatic N) is 3. The van der Waals surface area contributed by atoms with Crippen molar-refractivity contribution >= 4 is 11.9 Å². The van der Waals surface area contributed by atoms with Crippen LogP contribution in [0.4, 0.5) is 0 Å². The zero-order valence-corrected chi connectivity index (χ0v) is 12.9. The van der Waals surface area contributed by atoms with E-state index in [1.54, 1.807) is 48.0 Å². The van der Waals surface area contributed by atoms with Crippen LogP contribution in [0.3, 0.4) is 0 Å². The van der Waals surface area contributed by atoms with Crippen LogP contribution >= 0.6 is 0 Å². The van der Waals surface area contributed by atoms with Crippen LogP contribution < -0.4 is 4.74 Å². The molecule has 1 aliphatic heterocycles. The fourth-order valence-electron chi connectivity index (χ4n) is 2.88. The summed E-state index contributed by atoms with van der Waals surface area (Å²) in [5, 5.41) is 13.3. The van der Waals surface area contributed by atoms with E-state index in [9.17, 15) is 14.7 Å². The van der Waals surface area contributed by atoms with Gasteiger partial charge in [0.25, 0.3) is 5.91 Å². The van der Waals surface area contributed by atoms with Crippen molar-refractivity contribution in [1.82, 2.24) is 14.7 Å². The summed E-state index contributed by atoms with van der Waals surface area (Å²) >= 11 is 0. The summed E-state index contributed by atoms with van der Waals surface area (Å²) in [7, 11) is 3.27. The Bertz CT molecular complexity index is 782. The van der Waals surface area contributed by atoms with Gasteiger partial charge in [-0.05, 0) is 18.2 Å². The van der Waals surface area contributed by atoms with Gasteiger partial charge in [0, 0.05) is 36.8 Å². The smallest absolute Gasteiger partial charge is 0.356 e. The van der Waals surface area contributed by atoms with Crippen molar-refractivity contribution < 1.29 is 19.4 Å². The average Bonchev–Trinajstić information content (AvgIpc) is 2.91. The quantitative estimate of drug-likeness (QED) is 0.923. The molecule has 7 heteroatoms. The van der Waals surface area contributed by atoms with E-state index in [0.717, 1.165) is 5.69 Å². The molecule has 1 amide bonds. The molecular formula is C16H17N3O4. The number of aromatic carboxylic acids is 1. The third kappa shape index (κ3) is 2.65. The fourth-order valence-corrected chi connectivity index (χ4v) is 2.88. The molecule has 23 heavy (non-hydrogen) atoms. The Kier molecular flexibility index (Phi) is 3.77. The number of hydrogen-bond acceptors (Lipinski definition) is 4. The second-order valence-corrected chi connectivity index (χ2v) is 5.41. The number of amides is 1. The van der Waals surface area contributed by atoms with Crippen LogP contribution in [0.15, 0.2) is 24.3 Å². The van der Waals surface area contributed by atoms with Crippen molar-refractivity contribution in [1.29, 1.82) is 0 Å². The highest BCUT2D eigenvalue weighted by molar-refractivity contribution is 5.95. The summed E-state index contributed by atoms with van der Waals surface area (Å²) in [4.78, 5) is 25.6. The molecule has 0 saturated heterocycles. The molecule has 0 unspecified atom stereocenters. The van der Waals surface area contributed by atoms with Gasteiger partial charge >= 0.3 is 5.97 Å². The van der Waals surface area contributed by atoms with Crippen molar-refractivity contribution in [2.45, 2.75) is 13.0 Å². The molecule has 0 radical (unpaired) electrons. The van der Waals surface area contributed by atoms with E-state index in [1.165, 1.54) is 0 Å². The largest absolute Gasteiger partial charge is 0.497 e. The number of hydrogen-bond donors (Lipinski definition) is 1. The zero-order valence-electron chi connectivity index (χ0n) is 12.9. The lowest BCUT2D eigenvalue weighted by molar-refractivity contribution is 0.0674. The van der Waals surface area contributed by atoms with Crippen LogP contribution in [0, 0.1) is 0 Å². The average molecular weight is 315 g/mol. The third-order valence-electron chi connectivity index (χ3n) is 4.05. The summed E-state index contributed by atoms with van der Waals surface area (Å²) in [6, 6.07) is 6.93. The minimum absolute atomic E-state index is 0.0191. The van der Waals surface area contributed by atoms with E-state index in [1.807, 2.05) is 0 Å². The molecule has 120 valence electrons. The van der Waals surface area contributed by atoms with Gasteiger partial charge in [-0.25, -0.2) is 4.79 Å². The number of rotatable bonds is 3. The zero-order chi connectivity index (χ0) is 16.6. The van der Waals surface area contributed by atoms with E-state index in [4.69, 9.17) is 4.74 Å². The second-order valence-electron chi connectivity index (χ2n) is 5.41. The predicted molar refractivity (Wildman–Crippen MR) is 81.6 cm³/mol. The SMILES string of the molecule is COc1cccc(C(=O)N2CCc3c(c(C(=O)O)nn3C)C2)c1. The van der Waals surface area contributed by atoms with Crippen LogP contribution in [0.25, 0.3) is 0 Å². The highest BCUT2D eigenvalue weighted by Crippen LogP contribution is 2.24. The number of carboxylic acids is 1. The number of benzene rings is 1. The van der Waals surface area contributed by atoms with Crippen molar-refractivity contribution in [3.05, 3.63) is 46.8 Å². The Morgan fingerprint density at radius 3 is 2.83 bits per heavy atom. The molecule has 3 rings (SSSR count). The van der Waals surface area contributed by atoms with Crippen LogP contribution in [0.5, 0.6) is 5.75 Å². The Hall–Kier alpha value is -2.83. The first-order valence-corrected chi connectivity index (χ1v) is 7.22. The highest BCUT2D eigenvalue weighted by atomic mass is 16.5. The van der Waals surface area contributed by atoms with E-state index in [2.05, 4.69) is 5.10 Å². The maximum Gasteiger partial charge on any atom is 0.356 e. The summed E-state index contributed by atoms with van der Waals surface area (Å²) in [5.41, 5.74) is 2.03. The number of carbonyl (C=O) groups is 2. The lowest BCUT2D eigenvalue weighted by atomic mass is 10.0. The molecule has 0 fully saturated rings. The Balaban J connectivity index is 1.89. The topological polar surface area (TPSA) is 84.7 Å². The van der Waals surface area contributed by atoms with Gasteiger partial charge in [-0.2, -0.15) is 5.10 Å². The van der Waals surface area contributed by atoms with Crippen molar-refractivity contribution in [2.75, 3.05) is 13.7 Å². The summed E-state index contributed by atoms with van der Waals surface area (Å²) < 4.78 is 6.73. The molecule has 0 aliphatic carbocycles. The molecule has 0 saturated carbocycles. The Morgan fingerprint density at radius 2 is 2.13 bits per heavy atom. The lowest BCUT2D eigenvalue weighted by Gasteiger charge is -2.27. The number of aromatic nitrogens is 2. The van der Waals surface area contributed by atoms with Gasteiger partial charge in [-0.3, -0.25) is 9.48 Å². The molecule has 0 bridgehead atoms. The maximum absolute atomic E-state index is 12.7. The second kappa shape index (κ2) is 5.75. The molecule has 2 aromatic rings. The van der Waals surface area contributed by atoms with E-state index < -0.39 is 5.97 Å². The van der Waals surface area contributed by atoms with E-state index >= 15 is 0 Å². The predicted octanol–water partition coefficient (Wildman–Crippen LogP) is 1.33. The molecule has 1 aromatic carbocycles. The Morgan fingerprint density at radius 1 is 1.35 bits per heavy atom.